The lowest BCUT2D eigenvalue weighted by Gasteiger charge is -2.17. The molecule has 5 nitrogen and oxygen atoms in total. The smallest absolute Gasteiger partial charge is 0.371 e. The van der Waals surface area contributed by atoms with Crippen molar-refractivity contribution >= 4 is 5.97 Å². The lowest BCUT2D eigenvalue weighted by molar-refractivity contribution is 0.0660. The Morgan fingerprint density at radius 3 is 2.76 bits per heavy atom. The maximum absolute atomic E-state index is 10.8. The number of hydrogen-bond donors (Lipinski definition) is 2. The Hall–Kier alpha value is -2.27. The van der Waals surface area contributed by atoms with Gasteiger partial charge in [0.1, 0.15) is 11.5 Å². The van der Waals surface area contributed by atoms with Crippen LogP contribution in [-0.2, 0) is 6.54 Å². The minimum Gasteiger partial charge on any atom is -0.496 e. The van der Waals surface area contributed by atoms with Gasteiger partial charge in [-0.1, -0.05) is 17.7 Å². The third-order valence-corrected chi connectivity index (χ3v) is 3.31. The van der Waals surface area contributed by atoms with E-state index >= 15 is 0 Å². The Morgan fingerprint density at radius 1 is 1.38 bits per heavy atom. The van der Waals surface area contributed by atoms with Gasteiger partial charge in [0, 0.05) is 11.6 Å². The summed E-state index contributed by atoms with van der Waals surface area (Å²) in [6, 6.07) is 9.19. The van der Waals surface area contributed by atoms with Crippen LogP contribution < -0.4 is 10.1 Å². The zero-order valence-corrected chi connectivity index (χ0v) is 12.3. The molecule has 1 aromatic carbocycles. The molecule has 2 aromatic rings. The number of nitrogens with one attached hydrogen (secondary N) is 1. The predicted molar refractivity (Wildman–Crippen MR) is 78.7 cm³/mol. The van der Waals surface area contributed by atoms with Gasteiger partial charge in [0.05, 0.1) is 13.7 Å². The second-order valence-electron chi connectivity index (χ2n) is 4.92. The highest BCUT2D eigenvalue weighted by Gasteiger charge is 2.13. The van der Waals surface area contributed by atoms with E-state index < -0.39 is 5.97 Å². The molecular weight excluding hydrogens is 270 g/mol. The van der Waals surface area contributed by atoms with E-state index in [1.54, 1.807) is 13.2 Å². The van der Waals surface area contributed by atoms with E-state index in [0.29, 0.717) is 12.3 Å². The van der Waals surface area contributed by atoms with Crippen LogP contribution in [-0.4, -0.2) is 18.2 Å². The zero-order chi connectivity index (χ0) is 15.4. The third-order valence-electron chi connectivity index (χ3n) is 3.31. The fourth-order valence-electron chi connectivity index (χ4n) is 2.14. The van der Waals surface area contributed by atoms with Crippen molar-refractivity contribution in [3.05, 3.63) is 53.0 Å². The molecule has 0 fully saturated rings. The number of aromatic carboxylic acids is 1. The molecule has 2 rings (SSSR count). The fraction of sp³-hybridized carbons (Fsp3) is 0.312. The van der Waals surface area contributed by atoms with Gasteiger partial charge >= 0.3 is 5.97 Å². The van der Waals surface area contributed by atoms with Crippen LogP contribution in [0, 0.1) is 6.92 Å². The molecule has 2 N–H and O–H groups in total. The van der Waals surface area contributed by atoms with Crippen LogP contribution in [0.15, 0.2) is 34.7 Å². The molecule has 112 valence electrons. The molecule has 0 saturated carbocycles. The summed E-state index contributed by atoms with van der Waals surface area (Å²) in [6.07, 6.45) is 0. The monoisotopic (exact) mass is 289 g/mol. The van der Waals surface area contributed by atoms with Gasteiger partial charge in [-0.3, -0.25) is 0 Å². The normalized spacial score (nSPS) is 12.1. The lowest BCUT2D eigenvalue weighted by atomic mass is 10.0. The number of rotatable bonds is 6. The molecule has 21 heavy (non-hydrogen) atoms. The number of furan rings is 1. The number of benzene rings is 1. The van der Waals surface area contributed by atoms with Gasteiger partial charge in [-0.05, 0) is 32.0 Å². The summed E-state index contributed by atoms with van der Waals surface area (Å²) < 4.78 is 10.6. The lowest BCUT2D eigenvalue weighted by Crippen LogP contribution is -2.18. The summed E-state index contributed by atoms with van der Waals surface area (Å²) in [5, 5.41) is 12.1. The van der Waals surface area contributed by atoms with Crippen molar-refractivity contribution < 1.29 is 19.1 Å². The summed E-state index contributed by atoms with van der Waals surface area (Å²) in [4.78, 5) is 10.8. The van der Waals surface area contributed by atoms with Crippen molar-refractivity contribution in [3.8, 4) is 5.75 Å². The molecule has 1 atom stereocenters. The standard InChI is InChI=1S/C16H19NO4/c1-10-4-6-14(20-3)13(8-10)11(2)17-9-12-5-7-15(21-12)16(18)19/h4-8,11,17H,9H2,1-3H3,(H,18,19). The molecule has 1 heterocycles. The molecule has 0 saturated heterocycles. The average molecular weight is 289 g/mol. The number of carboxylic acids is 1. The molecule has 0 amide bonds. The van der Waals surface area contributed by atoms with Crippen LogP contribution in [0.3, 0.4) is 0 Å². The first-order valence-corrected chi connectivity index (χ1v) is 6.71. The highest BCUT2D eigenvalue weighted by atomic mass is 16.5. The van der Waals surface area contributed by atoms with Crippen LogP contribution in [0.2, 0.25) is 0 Å². The molecule has 0 radical (unpaired) electrons. The van der Waals surface area contributed by atoms with Crippen molar-refractivity contribution in [3.63, 3.8) is 0 Å². The topological polar surface area (TPSA) is 71.7 Å². The summed E-state index contributed by atoms with van der Waals surface area (Å²) in [6.45, 7) is 4.51. The summed E-state index contributed by atoms with van der Waals surface area (Å²) in [7, 11) is 1.65. The van der Waals surface area contributed by atoms with Gasteiger partial charge in [-0.2, -0.15) is 0 Å². The molecule has 1 unspecified atom stereocenters. The quantitative estimate of drug-likeness (QED) is 0.854. The first-order valence-electron chi connectivity index (χ1n) is 6.71. The van der Waals surface area contributed by atoms with E-state index in [9.17, 15) is 4.79 Å². The molecule has 0 aliphatic rings. The van der Waals surface area contributed by atoms with E-state index in [4.69, 9.17) is 14.3 Å². The van der Waals surface area contributed by atoms with Gasteiger partial charge in [0.2, 0.25) is 5.76 Å². The van der Waals surface area contributed by atoms with Crippen LogP contribution in [0.25, 0.3) is 0 Å². The fourth-order valence-corrected chi connectivity index (χ4v) is 2.14. The maximum Gasteiger partial charge on any atom is 0.371 e. The van der Waals surface area contributed by atoms with Gasteiger partial charge in [-0.25, -0.2) is 4.79 Å². The number of hydrogen-bond acceptors (Lipinski definition) is 4. The van der Waals surface area contributed by atoms with Crippen molar-refractivity contribution in [2.75, 3.05) is 7.11 Å². The minimum atomic E-state index is -1.06. The number of ether oxygens (including phenoxy) is 1. The Balaban J connectivity index is 2.05. The highest BCUT2D eigenvalue weighted by Crippen LogP contribution is 2.26. The van der Waals surface area contributed by atoms with Gasteiger partial charge < -0.3 is 19.6 Å². The Morgan fingerprint density at radius 2 is 2.14 bits per heavy atom. The van der Waals surface area contributed by atoms with E-state index in [-0.39, 0.29) is 11.8 Å². The van der Waals surface area contributed by atoms with Gasteiger partial charge in [0.15, 0.2) is 0 Å². The predicted octanol–water partition coefficient (Wildman–Crippen LogP) is 3.15. The molecule has 0 bridgehead atoms. The summed E-state index contributed by atoms with van der Waals surface area (Å²) >= 11 is 0. The van der Waals surface area contributed by atoms with Crippen molar-refractivity contribution in [1.29, 1.82) is 0 Å². The van der Waals surface area contributed by atoms with Crippen molar-refractivity contribution in [2.45, 2.75) is 26.4 Å². The Labute approximate surface area is 123 Å². The second kappa shape index (κ2) is 6.45. The van der Waals surface area contributed by atoms with Crippen LogP contribution in [0.1, 0.15) is 40.4 Å². The van der Waals surface area contributed by atoms with Crippen molar-refractivity contribution in [2.24, 2.45) is 0 Å². The summed E-state index contributed by atoms with van der Waals surface area (Å²) in [5.41, 5.74) is 2.22. The molecule has 0 aliphatic heterocycles. The molecule has 0 aliphatic carbocycles. The highest BCUT2D eigenvalue weighted by molar-refractivity contribution is 5.84. The van der Waals surface area contributed by atoms with Crippen LogP contribution >= 0.6 is 0 Å². The number of aryl methyl sites for hydroxylation is 1. The molecule has 5 heteroatoms. The average Bonchev–Trinajstić information content (AvgIpc) is 2.94. The van der Waals surface area contributed by atoms with E-state index in [1.165, 1.54) is 6.07 Å². The van der Waals surface area contributed by atoms with Gasteiger partial charge in [-0.15, -0.1) is 0 Å². The first kappa shape index (κ1) is 15.1. The zero-order valence-electron chi connectivity index (χ0n) is 12.3. The molecule has 0 spiro atoms. The first-order chi connectivity index (χ1) is 10.0. The van der Waals surface area contributed by atoms with E-state index in [0.717, 1.165) is 16.9 Å². The third kappa shape index (κ3) is 3.64. The molecule has 1 aromatic heterocycles. The van der Waals surface area contributed by atoms with Crippen molar-refractivity contribution in [1.82, 2.24) is 5.32 Å². The SMILES string of the molecule is COc1ccc(C)cc1C(C)NCc1ccc(C(=O)O)o1. The maximum atomic E-state index is 10.8. The number of methoxy groups -OCH3 is 1. The summed E-state index contributed by atoms with van der Waals surface area (Å²) in [5.74, 6) is 0.305. The van der Waals surface area contributed by atoms with Gasteiger partial charge in [0.25, 0.3) is 0 Å². The van der Waals surface area contributed by atoms with E-state index in [2.05, 4.69) is 11.4 Å². The Bertz CT molecular complexity index is 633. The number of carbonyl (C=O) groups is 1. The van der Waals surface area contributed by atoms with Crippen LogP contribution in [0.5, 0.6) is 5.75 Å². The largest absolute Gasteiger partial charge is 0.496 e. The minimum absolute atomic E-state index is 0.0485. The second-order valence-corrected chi connectivity index (χ2v) is 4.92. The molecular formula is C16H19NO4. The number of carboxylic acid groups (broad SMARTS) is 1. The Kier molecular flexibility index (Phi) is 4.65. The van der Waals surface area contributed by atoms with Crippen LogP contribution in [0.4, 0.5) is 0 Å². The van der Waals surface area contributed by atoms with E-state index in [1.807, 2.05) is 26.0 Å².